The lowest BCUT2D eigenvalue weighted by atomic mass is 10.0. The molecule has 0 saturated carbocycles. The molecule has 0 spiro atoms. The Bertz CT molecular complexity index is 1260. The van der Waals surface area contributed by atoms with Crippen molar-refractivity contribution in [2.24, 2.45) is 0 Å². The normalized spacial score (nSPS) is 11.8. The molecule has 0 radical (unpaired) electrons. The Hall–Kier alpha value is -3.52. The molecule has 4 aromatic rings. The van der Waals surface area contributed by atoms with E-state index >= 15 is 0 Å². The number of rotatable bonds is 8. The zero-order valence-electron chi connectivity index (χ0n) is 18.9. The van der Waals surface area contributed by atoms with Crippen LogP contribution >= 0.6 is 11.8 Å². The highest BCUT2D eigenvalue weighted by molar-refractivity contribution is 7.99. The second-order valence-corrected chi connectivity index (χ2v) is 8.85. The van der Waals surface area contributed by atoms with E-state index in [1.807, 2.05) is 18.2 Å². The molecular weight excluding hydrogens is 432 g/mol. The first-order chi connectivity index (χ1) is 16.1. The van der Waals surface area contributed by atoms with E-state index in [2.05, 4.69) is 74.1 Å². The van der Waals surface area contributed by atoms with Gasteiger partial charge in [0.25, 0.3) is 5.91 Å². The quantitative estimate of drug-likeness (QED) is 0.410. The minimum atomic E-state index is -0.212. The van der Waals surface area contributed by atoms with Crippen molar-refractivity contribution in [3.05, 3.63) is 78.0 Å². The van der Waals surface area contributed by atoms with Crippen LogP contribution in [0.5, 0.6) is 0 Å². The van der Waals surface area contributed by atoms with E-state index in [0.717, 1.165) is 46.5 Å². The summed E-state index contributed by atoms with van der Waals surface area (Å²) in [6.45, 7) is 2.80. The number of nitrogens with zero attached hydrogens (tertiary/aromatic N) is 4. The summed E-state index contributed by atoms with van der Waals surface area (Å²) in [4.78, 5) is 29.7. The first-order valence-corrected chi connectivity index (χ1v) is 12.0. The average Bonchev–Trinajstić information content (AvgIpc) is 2.86. The van der Waals surface area contributed by atoms with Gasteiger partial charge in [0.05, 0.1) is 11.2 Å². The Kier molecular flexibility index (Phi) is 7.14. The Morgan fingerprint density at radius 3 is 2.58 bits per heavy atom. The van der Waals surface area contributed by atoms with E-state index in [1.54, 1.807) is 25.1 Å². The fourth-order valence-electron chi connectivity index (χ4n) is 3.65. The van der Waals surface area contributed by atoms with Gasteiger partial charge in [-0.3, -0.25) is 4.79 Å². The maximum Gasteiger partial charge on any atom is 0.270 e. The lowest BCUT2D eigenvalue weighted by molar-refractivity contribution is 0.0960. The van der Waals surface area contributed by atoms with Crippen molar-refractivity contribution in [1.29, 1.82) is 0 Å². The number of amides is 1. The number of aryl methyl sites for hydroxylation is 1. The van der Waals surface area contributed by atoms with E-state index in [-0.39, 0.29) is 11.2 Å². The number of carbonyl (C=O) groups is 1. The molecule has 0 saturated heterocycles. The van der Waals surface area contributed by atoms with Crippen molar-refractivity contribution >= 4 is 34.4 Å². The topological polar surface area (TPSA) is 92.7 Å². The Morgan fingerprint density at radius 2 is 1.82 bits per heavy atom. The number of carbonyl (C=O) groups excluding carboxylic acids is 1. The number of thioether (sulfide) groups is 1. The molecule has 0 aliphatic heterocycles. The molecule has 0 aliphatic rings. The van der Waals surface area contributed by atoms with Gasteiger partial charge in [-0.15, -0.1) is 0 Å². The minimum absolute atomic E-state index is 0.212. The van der Waals surface area contributed by atoms with Crippen LogP contribution in [0.25, 0.3) is 22.2 Å². The summed E-state index contributed by atoms with van der Waals surface area (Å²) in [6, 6.07) is 16.2. The highest BCUT2D eigenvalue weighted by Crippen LogP contribution is 2.24. The summed E-state index contributed by atoms with van der Waals surface area (Å²) in [6.07, 6.45) is 5.94. The number of fused-ring (bicyclic) bond motifs is 1. The molecule has 33 heavy (non-hydrogen) atoms. The molecule has 0 aliphatic carbocycles. The molecule has 8 heteroatoms. The number of anilines is 1. The zero-order valence-corrected chi connectivity index (χ0v) is 19.7. The van der Waals surface area contributed by atoms with Crippen LogP contribution in [0.1, 0.15) is 21.6 Å². The second kappa shape index (κ2) is 10.4. The second-order valence-electron chi connectivity index (χ2n) is 7.71. The highest BCUT2D eigenvalue weighted by Gasteiger charge is 2.16. The molecule has 0 bridgehead atoms. The number of hydrogen-bond donors (Lipinski definition) is 2. The van der Waals surface area contributed by atoms with Gasteiger partial charge in [-0.25, -0.2) is 19.9 Å². The fraction of sp³-hybridized carbons (Fsp3) is 0.240. The maximum atomic E-state index is 12.2. The van der Waals surface area contributed by atoms with Crippen molar-refractivity contribution < 1.29 is 4.79 Å². The number of hydrogen-bond acceptors (Lipinski definition) is 7. The van der Waals surface area contributed by atoms with Crippen LogP contribution in [0.4, 0.5) is 5.82 Å². The molecule has 2 heterocycles. The first kappa shape index (κ1) is 22.7. The summed E-state index contributed by atoms with van der Waals surface area (Å²) < 4.78 is 0. The third kappa shape index (κ3) is 5.28. The van der Waals surface area contributed by atoms with Crippen LogP contribution in [0.3, 0.4) is 0 Å². The SMILES string of the molecule is CNC(=O)c1ncnc2c(CC(CNc3cc(-c4ccc(C)cc4)ncn3)SC)cccc12. The maximum absolute atomic E-state index is 12.2. The van der Waals surface area contributed by atoms with E-state index in [0.29, 0.717) is 5.69 Å². The van der Waals surface area contributed by atoms with Crippen LogP contribution in [0, 0.1) is 6.92 Å². The van der Waals surface area contributed by atoms with Crippen LogP contribution in [0.15, 0.2) is 61.2 Å². The van der Waals surface area contributed by atoms with Gasteiger partial charge in [0, 0.05) is 35.9 Å². The van der Waals surface area contributed by atoms with Gasteiger partial charge in [0.2, 0.25) is 0 Å². The number of para-hydroxylation sites is 1. The zero-order chi connectivity index (χ0) is 23.2. The Balaban J connectivity index is 1.50. The molecule has 1 amide bonds. The summed E-state index contributed by atoms with van der Waals surface area (Å²) in [5.41, 5.74) is 5.47. The molecule has 1 atom stereocenters. The minimum Gasteiger partial charge on any atom is -0.369 e. The predicted molar refractivity (Wildman–Crippen MR) is 135 cm³/mol. The Labute approximate surface area is 197 Å². The molecule has 1 unspecified atom stereocenters. The number of benzene rings is 2. The monoisotopic (exact) mass is 458 g/mol. The van der Waals surface area contributed by atoms with Gasteiger partial charge in [-0.1, -0.05) is 48.0 Å². The molecule has 0 fully saturated rings. The molecular formula is C25H26N6OS. The summed E-state index contributed by atoms with van der Waals surface area (Å²) in [5.74, 6) is 0.581. The molecule has 168 valence electrons. The van der Waals surface area contributed by atoms with Crippen molar-refractivity contribution in [3.8, 4) is 11.3 Å². The molecule has 4 rings (SSSR count). The average molecular weight is 459 g/mol. The van der Waals surface area contributed by atoms with E-state index < -0.39 is 0 Å². The van der Waals surface area contributed by atoms with Crippen LogP contribution in [-0.4, -0.2) is 50.9 Å². The van der Waals surface area contributed by atoms with Gasteiger partial charge in [0.1, 0.15) is 24.2 Å². The van der Waals surface area contributed by atoms with Crippen molar-refractivity contribution in [3.63, 3.8) is 0 Å². The number of nitrogens with one attached hydrogen (secondary N) is 2. The lowest BCUT2D eigenvalue weighted by Crippen LogP contribution is -2.21. The predicted octanol–water partition coefficient (Wildman–Crippen LogP) is 4.14. The third-order valence-corrected chi connectivity index (χ3v) is 6.50. The molecule has 7 nitrogen and oxygen atoms in total. The summed E-state index contributed by atoms with van der Waals surface area (Å²) in [7, 11) is 1.60. The van der Waals surface area contributed by atoms with Crippen molar-refractivity contribution in [1.82, 2.24) is 25.3 Å². The van der Waals surface area contributed by atoms with Crippen LogP contribution < -0.4 is 10.6 Å². The smallest absolute Gasteiger partial charge is 0.270 e. The lowest BCUT2D eigenvalue weighted by Gasteiger charge is -2.17. The summed E-state index contributed by atoms with van der Waals surface area (Å²) >= 11 is 1.78. The van der Waals surface area contributed by atoms with E-state index in [9.17, 15) is 4.79 Å². The van der Waals surface area contributed by atoms with Crippen LogP contribution in [0.2, 0.25) is 0 Å². The van der Waals surface area contributed by atoms with E-state index in [4.69, 9.17) is 0 Å². The largest absolute Gasteiger partial charge is 0.369 e. The molecule has 2 N–H and O–H groups in total. The van der Waals surface area contributed by atoms with Crippen molar-refractivity contribution in [2.45, 2.75) is 18.6 Å². The van der Waals surface area contributed by atoms with Crippen LogP contribution in [-0.2, 0) is 6.42 Å². The standard InChI is InChI=1S/C25H26N6OS/c1-16-7-9-17(10-8-16)21-12-22(29-14-28-21)27-13-19(33-3)11-18-5-4-6-20-23(18)30-15-31-24(20)25(32)26-2/h4-10,12,14-15,19H,11,13H2,1-3H3,(H,26,32)(H,27,28,29). The van der Waals surface area contributed by atoms with Gasteiger partial charge < -0.3 is 10.6 Å². The Morgan fingerprint density at radius 1 is 1.03 bits per heavy atom. The number of aromatic nitrogens is 4. The first-order valence-electron chi connectivity index (χ1n) is 10.7. The molecule has 2 aromatic heterocycles. The fourth-order valence-corrected chi connectivity index (χ4v) is 4.25. The van der Waals surface area contributed by atoms with Gasteiger partial charge in [-0.2, -0.15) is 11.8 Å². The summed E-state index contributed by atoms with van der Waals surface area (Å²) in [5, 5.41) is 7.15. The van der Waals surface area contributed by atoms with Gasteiger partial charge >= 0.3 is 0 Å². The van der Waals surface area contributed by atoms with E-state index in [1.165, 1.54) is 11.9 Å². The van der Waals surface area contributed by atoms with Crippen molar-refractivity contribution in [2.75, 3.05) is 25.2 Å². The molecule has 2 aromatic carbocycles. The third-order valence-electron chi connectivity index (χ3n) is 5.50. The van der Waals surface area contributed by atoms with Gasteiger partial charge in [-0.05, 0) is 25.2 Å². The highest BCUT2D eigenvalue weighted by atomic mass is 32.2. The van der Waals surface area contributed by atoms with Gasteiger partial charge in [0.15, 0.2) is 0 Å².